The Hall–Kier alpha value is -0.0800. The van der Waals surface area contributed by atoms with Crippen molar-refractivity contribution in [3.8, 4) is 0 Å². The van der Waals surface area contributed by atoms with Crippen LogP contribution in [-0.4, -0.2) is 37.8 Å². The molecule has 0 rings (SSSR count). The summed E-state index contributed by atoms with van der Waals surface area (Å²) in [5.41, 5.74) is 0. The van der Waals surface area contributed by atoms with Gasteiger partial charge in [0.2, 0.25) is 0 Å². The first-order valence-electron chi connectivity index (χ1n) is 18.5. The van der Waals surface area contributed by atoms with Crippen LogP contribution in [0.15, 0.2) is 0 Å². The van der Waals surface area contributed by atoms with Crippen LogP contribution in [0.4, 0.5) is 0 Å². The van der Waals surface area contributed by atoms with Gasteiger partial charge in [-0.15, -0.1) is 0 Å². The van der Waals surface area contributed by atoms with Crippen molar-refractivity contribution in [2.75, 3.05) is 33.3 Å². The average molecular weight is 554 g/mol. The predicted molar refractivity (Wildman–Crippen MR) is 178 cm³/mol. The van der Waals surface area contributed by atoms with Crippen LogP contribution in [0.3, 0.4) is 0 Å². The summed E-state index contributed by atoms with van der Waals surface area (Å²) in [5, 5.41) is 8.25. The zero-order valence-electron chi connectivity index (χ0n) is 28.5. The number of unbranched alkanes of at least 4 members (excludes halogenated alkanes) is 24. The third-order valence-electron chi connectivity index (χ3n) is 8.94. The fourth-order valence-electron chi connectivity index (χ4n) is 6.29. The molecule has 0 saturated carbocycles. The molecule has 0 saturated heterocycles. The first-order valence-corrected chi connectivity index (χ1v) is 18.5. The summed E-state index contributed by atoms with van der Waals surface area (Å²) in [6.07, 6.45) is 40.7. The number of rotatable bonds is 32. The van der Waals surface area contributed by atoms with Gasteiger partial charge in [-0.05, 0) is 51.4 Å². The molecule has 238 valence electrons. The molecular formula is C37H79NO. The van der Waals surface area contributed by atoms with Crippen LogP contribution in [0, 0.1) is 0 Å². The summed E-state index contributed by atoms with van der Waals surface area (Å²) in [6, 6.07) is 0. The zero-order valence-corrected chi connectivity index (χ0v) is 28.5. The second-order valence-electron chi connectivity index (χ2n) is 12.7. The maximum atomic E-state index is 8.25. The first-order chi connectivity index (χ1) is 19.2. The average Bonchev–Trinajstić information content (AvgIpc) is 2.96. The number of hydrogen-bond acceptors (Lipinski definition) is 1. The van der Waals surface area contributed by atoms with Gasteiger partial charge in [0.15, 0.2) is 0 Å². The Kier molecular flexibility index (Phi) is 37.8. The van der Waals surface area contributed by atoms with Gasteiger partial charge in [0.1, 0.15) is 0 Å². The van der Waals surface area contributed by atoms with E-state index in [2.05, 4.69) is 27.7 Å². The van der Waals surface area contributed by atoms with E-state index >= 15 is 0 Å². The van der Waals surface area contributed by atoms with E-state index in [4.69, 9.17) is 5.11 Å². The van der Waals surface area contributed by atoms with Gasteiger partial charge in [-0.2, -0.15) is 7.11 Å². The van der Waals surface area contributed by atoms with Gasteiger partial charge >= 0.3 is 0 Å². The van der Waals surface area contributed by atoms with Crippen LogP contribution >= 0.6 is 0 Å². The standard InChI is InChI=1S/C36H76N.CH3O/c1-5-9-13-17-21-25-29-33-37(34-30-26-22-18-14-10-6-2,35-31-27-23-19-15-11-7-3)36-32-28-24-20-16-12-8-4;1-2/h5-36H2,1-4H3;1H3/q+1;-1. The number of nitrogens with zero attached hydrogens (tertiary/aromatic N) is 1. The van der Waals surface area contributed by atoms with Crippen LogP contribution in [0.2, 0.25) is 0 Å². The molecule has 39 heavy (non-hydrogen) atoms. The van der Waals surface area contributed by atoms with Crippen LogP contribution < -0.4 is 5.11 Å². The molecule has 0 unspecified atom stereocenters. The lowest BCUT2D eigenvalue weighted by Gasteiger charge is -2.40. The molecule has 0 bridgehead atoms. The Morgan fingerprint density at radius 2 is 0.410 bits per heavy atom. The summed E-state index contributed by atoms with van der Waals surface area (Å²) in [7, 11) is 0.750. The molecule has 0 atom stereocenters. The minimum atomic E-state index is 0.750. The third-order valence-corrected chi connectivity index (χ3v) is 8.94. The number of quaternary nitrogens is 1. The highest BCUT2D eigenvalue weighted by Crippen LogP contribution is 2.21. The molecule has 2 nitrogen and oxygen atoms in total. The van der Waals surface area contributed by atoms with E-state index in [9.17, 15) is 0 Å². The topological polar surface area (TPSA) is 23.1 Å². The Balaban J connectivity index is 0. The summed E-state index contributed by atoms with van der Waals surface area (Å²) in [5.74, 6) is 0. The monoisotopic (exact) mass is 554 g/mol. The predicted octanol–water partition coefficient (Wildman–Crippen LogP) is 11.8. The zero-order chi connectivity index (χ0) is 29.1. The van der Waals surface area contributed by atoms with E-state index in [1.165, 1.54) is 210 Å². The summed E-state index contributed by atoms with van der Waals surface area (Å²) < 4.78 is 1.48. The van der Waals surface area contributed by atoms with Crippen molar-refractivity contribution in [3.63, 3.8) is 0 Å². The molecule has 2 heteroatoms. The second-order valence-corrected chi connectivity index (χ2v) is 12.7. The van der Waals surface area contributed by atoms with Crippen molar-refractivity contribution in [2.45, 2.75) is 207 Å². The fraction of sp³-hybridized carbons (Fsp3) is 1.00. The SMILES string of the molecule is CCCCCCCCC[N+](CCCCCCCCC)(CCCCCCCCC)CCCCCCCCC.C[O-]. The fourth-order valence-corrected chi connectivity index (χ4v) is 6.29. The molecule has 0 radical (unpaired) electrons. The van der Waals surface area contributed by atoms with E-state index in [1.54, 1.807) is 0 Å². The van der Waals surface area contributed by atoms with E-state index in [0.29, 0.717) is 0 Å². The molecule has 0 aliphatic heterocycles. The minimum Gasteiger partial charge on any atom is -0.857 e. The van der Waals surface area contributed by atoms with Gasteiger partial charge in [-0.1, -0.05) is 156 Å². The van der Waals surface area contributed by atoms with E-state index < -0.39 is 0 Å². The van der Waals surface area contributed by atoms with Crippen LogP contribution in [0.25, 0.3) is 0 Å². The molecule has 0 heterocycles. The summed E-state index contributed by atoms with van der Waals surface area (Å²) in [6.45, 7) is 15.3. The maximum absolute atomic E-state index is 8.25. The lowest BCUT2D eigenvalue weighted by atomic mass is 10.0. The maximum Gasteiger partial charge on any atom is 0.0786 e. The summed E-state index contributed by atoms with van der Waals surface area (Å²) >= 11 is 0. The van der Waals surface area contributed by atoms with Crippen LogP contribution in [0.1, 0.15) is 207 Å². The van der Waals surface area contributed by atoms with Gasteiger partial charge in [0.25, 0.3) is 0 Å². The minimum absolute atomic E-state index is 0.750. The normalized spacial score (nSPS) is 11.5. The largest absolute Gasteiger partial charge is 0.857 e. The van der Waals surface area contributed by atoms with Gasteiger partial charge in [0, 0.05) is 0 Å². The number of hydrogen-bond donors (Lipinski definition) is 0. The Morgan fingerprint density at radius 1 is 0.256 bits per heavy atom. The lowest BCUT2D eigenvalue weighted by Crippen LogP contribution is -2.50. The molecule has 0 aromatic carbocycles. The molecule has 0 amide bonds. The van der Waals surface area contributed by atoms with Gasteiger partial charge in [0.05, 0.1) is 26.2 Å². The molecule has 0 N–H and O–H groups in total. The first kappa shape index (κ1) is 41.1. The van der Waals surface area contributed by atoms with Crippen molar-refractivity contribution in [3.05, 3.63) is 0 Å². The van der Waals surface area contributed by atoms with Crippen molar-refractivity contribution in [2.24, 2.45) is 0 Å². The Bertz CT molecular complexity index is 333. The lowest BCUT2D eigenvalue weighted by molar-refractivity contribution is -0.929. The third kappa shape index (κ3) is 30.7. The molecule has 0 aromatic rings. The smallest absolute Gasteiger partial charge is 0.0786 e. The second kappa shape index (κ2) is 35.9. The molecular weight excluding hydrogens is 474 g/mol. The Labute approximate surface area is 250 Å². The van der Waals surface area contributed by atoms with Crippen molar-refractivity contribution >= 4 is 0 Å². The Morgan fingerprint density at radius 3 is 0.590 bits per heavy atom. The molecule has 0 spiro atoms. The highest BCUT2D eigenvalue weighted by atomic mass is 16.2. The van der Waals surface area contributed by atoms with Gasteiger partial charge in [-0.3, -0.25) is 0 Å². The molecule has 0 fully saturated rings. The van der Waals surface area contributed by atoms with E-state index in [1.807, 2.05) is 0 Å². The van der Waals surface area contributed by atoms with Crippen molar-refractivity contribution in [1.29, 1.82) is 0 Å². The van der Waals surface area contributed by atoms with Crippen molar-refractivity contribution < 1.29 is 9.59 Å². The molecule has 0 aliphatic carbocycles. The summed E-state index contributed by atoms with van der Waals surface area (Å²) in [4.78, 5) is 0. The van der Waals surface area contributed by atoms with Gasteiger partial charge in [-0.25, -0.2) is 0 Å². The quantitative estimate of drug-likeness (QED) is 0.0600. The highest BCUT2D eigenvalue weighted by molar-refractivity contribution is 4.55. The van der Waals surface area contributed by atoms with Crippen LogP contribution in [0.5, 0.6) is 0 Å². The van der Waals surface area contributed by atoms with Crippen LogP contribution in [-0.2, 0) is 0 Å². The molecule has 0 aromatic heterocycles. The van der Waals surface area contributed by atoms with E-state index in [-0.39, 0.29) is 0 Å². The highest BCUT2D eigenvalue weighted by Gasteiger charge is 2.25. The van der Waals surface area contributed by atoms with Crippen molar-refractivity contribution in [1.82, 2.24) is 0 Å². The molecule has 0 aliphatic rings. The van der Waals surface area contributed by atoms with E-state index in [0.717, 1.165) is 7.11 Å². The van der Waals surface area contributed by atoms with Gasteiger partial charge < -0.3 is 9.59 Å².